The Hall–Kier alpha value is -2.61. The Morgan fingerprint density at radius 1 is 1.15 bits per heavy atom. The lowest BCUT2D eigenvalue weighted by molar-refractivity contribution is -0.192. The van der Waals surface area contributed by atoms with Gasteiger partial charge in [-0.15, -0.1) is 6.42 Å². The highest BCUT2D eigenvalue weighted by Crippen LogP contribution is 2.39. The van der Waals surface area contributed by atoms with Crippen molar-refractivity contribution in [3.8, 4) is 12.3 Å². The van der Waals surface area contributed by atoms with Gasteiger partial charge in [0.1, 0.15) is 29.1 Å². The van der Waals surface area contributed by atoms with Gasteiger partial charge in [0.05, 0.1) is 24.9 Å². The van der Waals surface area contributed by atoms with Crippen LogP contribution in [-0.2, 0) is 33.4 Å². The van der Waals surface area contributed by atoms with Crippen LogP contribution < -0.4 is 0 Å². The maximum absolute atomic E-state index is 13.5. The molecule has 0 aromatic heterocycles. The molecule has 10 heteroatoms. The molecule has 10 nitrogen and oxygen atoms in total. The van der Waals surface area contributed by atoms with E-state index < -0.39 is 47.1 Å². The molecule has 0 aromatic rings. The van der Waals surface area contributed by atoms with E-state index in [9.17, 15) is 19.5 Å². The Morgan fingerprint density at radius 3 is 2.38 bits per heavy atom. The molecule has 0 aromatic carbocycles. The molecule has 9 atom stereocenters. The van der Waals surface area contributed by atoms with E-state index in [1.165, 1.54) is 20.8 Å². The third-order valence-electron chi connectivity index (χ3n) is 8.56. The number of amides is 1. The average Bonchev–Trinajstić information content (AvgIpc) is 2.91. The molecule has 1 N–H and O–H groups in total. The lowest BCUT2D eigenvalue weighted by atomic mass is 9.70. The van der Waals surface area contributed by atoms with Gasteiger partial charge in [0.15, 0.2) is 6.61 Å². The highest BCUT2D eigenvalue weighted by molar-refractivity contribution is 6.00. The van der Waals surface area contributed by atoms with Gasteiger partial charge in [-0.2, -0.15) is 0 Å². The van der Waals surface area contributed by atoms with Crippen molar-refractivity contribution in [2.24, 2.45) is 39.7 Å². The molecule has 224 valence electrons. The second-order valence-corrected chi connectivity index (χ2v) is 11.7. The second kappa shape index (κ2) is 13.8. The number of hydrogen-bond donors (Lipinski definition) is 1. The maximum Gasteiger partial charge on any atom is 0.316 e. The summed E-state index contributed by atoms with van der Waals surface area (Å²) in [6.07, 6.45) is 3.96. The van der Waals surface area contributed by atoms with Crippen molar-refractivity contribution in [3.63, 3.8) is 0 Å². The standard InChI is InChI=1S/C30H46N2O8/c1-11-13-39-32-23-15-37-27-19(5)25(31-22(8)33)17(3)14-29(9,38-16-23)21(7)18(4)26(34)20(6)28(35)40-24(12-2)30(27,10)36/h1,17-21,24,27,36H,12-16H2,2-10H3/b31-25+,32-23+/t17-,18-,19+,20-,21-,24-,27-,29-,30-/m1/s1. The molecule has 2 fully saturated rings. The van der Waals surface area contributed by atoms with E-state index in [4.69, 9.17) is 25.5 Å². The molecular weight excluding hydrogens is 516 g/mol. The molecular formula is C30H46N2O8. The molecule has 0 radical (unpaired) electrons. The SMILES string of the molecule is C#CCO/N=C1\CO[C@@H]2[C@@H](C)/C(=N/C(C)=O)[C@H](C)C[C@@](C)(OC1)[C@H](C)[C@@H](C)C(=O)[C@@H](C)C(=O)O[C@H](CC)[C@@]2(C)O. The fourth-order valence-electron chi connectivity index (χ4n) is 5.92. The van der Waals surface area contributed by atoms with Crippen LogP contribution in [0.2, 0.25) is 0 Å². The summed E-state index contributed by atoms with van der Waals surface area (Å²) >= 11 is 0. The lowest BCUT2D eigenvalue weighted by Gasteiger charge is -2.44. The largest absolute Gasteiger partial charge is 0.459 e. The van der Waals surface area contributed by atoms with E-state index in [0.29, 0.717) is 17.8 Å². The molecule has 2 heterocycles. The third-order valence-corrected chi connectivity index (χ3v) is 8.56. The molecule has 0 aliphatic carbocycles. The summed E-state index contributed by atoms with van der Waals surface area (Å²) in [7, 11) is 0. The Kier molecular flexibility index (Phi) is 11.6. The first-order valence-corrected chi connectivity index (χ1v) is 14.0. The zero-order chi connectivity index (χ0) is 30.4. The molecule has 2 aliphatic rings. The number of esters is 1. The van der Waals surface area contributed by atoms with Crippen molar-refractivity contribution in [2.45, 2.75) is 98.6 Å². The highest BCUT2D eigenvalue weighted by Gasteiger charge is 2.50. The molecule has 2 rings (SSSR count). The Bertz CT molecular complexity index is 1040. The number of ketones is 1. The minimum absolute atomic E-state index is 0.00363. The van der Waals surface area contributed by atoms with E-state index in [2.05, 4.69) is 16.1 Å². The lowest BCUT2D eigenvalue weighted by Crippen LogP contribution is -2.57. The molecule has 1 amide bonds. The zero-order valence-corrected chi connectivity index (χ0v) is 25.4. The van der Waals surface area contributed by atoms with E-state index in [-0.39, 0.29) is 49.8 Å². The Balaban J connectivity index is 2.87. The van der Waals surface area contributed by atoms with E-state index in [0.717, 1.165) is 0 Å². The van der Waals surface area contributed by atoms with Crippen LogP contribution in [0.3, 0.4) is 0 Å². The number of aliphatic hydroxyl groups is 1. The molecule has 2 bridgehead atoms. The van der Waals surface area contributed by atoms with Crippen LogP contribution >= 0.6 is 0 Å². The fourth-order valence-corrected chi connectivity index (χ4v) is 5.92. The number of aliphatic imine (C=N–C) groups is 1. The van der Waals surface area contributed by atoms with Gasteiger partial charge in [-0.3, -0.25) is 14.4 Å². The van der Waals surface area contributed by atoms with Crippen molar-refractivity contribution in [3.05, 3.63) is 0 Å². The number of rotatable bonds is 3. The van der Waals surface area contributed by atoms with Gasteiger partial charge in [-0.1, -0.05) is 45.7 Å². The Labute approximate surface area is 238 Å². The number of carbonyl (C=O) groups excluding carboxylic acids is 3. The number of cyclic esters (lactones) is 1. The van der Waals surface area contributed by atoms with Gasteiger partial charge < -0.3 is 24.2 Å². The number of ether oxygens (including phenoxy) is 3. The summed E-state index contributed by atoms with van der Waals surface area (Å²) in [5.41, 5.74) is -1.75. The number of hydrogen-bond acceptors (Lipinski definition) is 9. The van der Waals surface area contributed by atoms with Gasteiger partial charge in [0.2, 0.25) is 5.91 Å². The van der Waals surface area contributed by atoms with E-state index in [1.54, 1.807) is 13.8 Å². The van der Waals surface area contributed by atoms with Gasteiger partial charge in [-0.25, -0.2) is 4.99 Å². The first kappa shape index (κ1) is 33.6. The number of fused-ring (bicyclic) bond motifs is 5. The van der Waals surface area contributed by atoms with Crippen molar-refractivity contribution in [1.82, 2.24) is 0 Å². The fraction of sp³-hybridized carbons (Fsp3) is 0.767. The van der Waals surface area contributed by atoms with E-state index >= 15 is 0 Å². The predicted octanol–water partition coefficient (Wildman–Crippen LogP) is 3.38. The van der Waals surface area contributed by atoms with Gasteiger partial charge in [0, 0.05) is 24.5 Å². The summed E-state index contributed by atoms with van der Waals surface area (Å²) < 4.78 is 18.6. The van der Waals surface area contributed by atoms with Crippen LogP contribution in [0, 0.1) is 41.9 Å². The van der Waals surface area contributed by atoms with Crippen molar-refractivity contribution in [1.29, 1.82) is 0 Å². The summed E-state index contributed by atoms with van der Waals surface area (Å²) in [5, 5.41) is 16.1. The first-order chi connectivity index (χ1) is 18.6. The predicted molar refractivity (Wildman–Crippen MR) is 151 cm³/mol. The smallest absolute Gasteiger partial charge is 0.316 e. The van der Waals surface area contributed by atoms with Crippen molar-refractivity contribution < 1.29 is 38.5 Å². The summed E-state index contributed by atoms with van der Waals surface area (Å²) in [6, 6.07) is 0. The third kappa shape index (κ3) is 7.56. The number of Topliss-reactive ketones (excluding diaryl/α,β-unsaturated/α-hetero) is 1. The van der Waals surface area contributed by atoms with Crippen molar-refractivity contribution in [2.75, 3.05) is 19.8 Å². The minimum Gasteiger partial charge on any atom is -0.459 e. The van der Waals surface area contributed by atoms with Crippen LogP contribution in [0.25, 0.3) is 0 Å². The molecule has 2 aliphatic heterocycles. The summed E-state index contributed by atoms with van der Waals surface area (Å²) in [4.78, 5) is 48.7. The van der Waals surface area contributed by atoms with Crippen LogP contribution in [0.4, 0.5) is 0 Å². The quantitative estimate of drug-likeness (QED) is 0.182. The normalized spacial score (nSPS) is 40.4. The van der Waals surface area contributed by atoms with Gasteiger partial charge >= 0.3 is 5.97 Å². The van der Waals surface area contributed by atoms with Crippen LogP contribution in [-0.4, -0.2) is 77.4 Å². The zero-order valence-electron chi connectivity index (χ0n) is 25.4. The summed E-state index contributed by atoms with van der Waals surface area (Å²) in [5.74, 6) is -1.89. The van der Waals surface area contributed by atoms with Crippen molar-refractivity contribution >= 4 is 29.1 Å². The molecule has 2 saturated heterocycles. The maximum atomic E-state index is 13.5. The van der Waals surface area contributed by atoms with Gasteiger partial charge in [-0.05, 0) is 45.4 Å². The monoisotopic (exact) mass is 562 g/mol. The highest BCUT2D eigenvalue weighted by atomic mass is 16.6. The van der Waals surface area contributed by atoms with E-state index in [1.807, 2.05) is 27.7 Å². The second-order valence-electron chi connectivity index (χ2n) is 11.7. The topological polar surface area (TPSA) is 133 Å². The molecule has 0 saturated carbocycles. The average molecular weight is 563 g/mol. The van der Waals surface area contributed by atoms with Crippen LogP contribution in [0.1, 0.15) is 75.2 Å². The number of nitrogens with zero attached hydrogens (tertiary/aromatic N) is 2. The Morgan fingerprint density at radius 2 is 1.80 bits per heavy atom. The molecule has 0 unspecified atom stereocenters. The number of carbonyl (C=O) groups is 3. The number of terminal acetylenes is 1. The first-order valence-electron chi connectivity index (χ1n) is 14.0. The number of oxime groups is 1. The van der Waals surface area contributed by atoms with Crippen LogP contribution in [0.5, 0.6) is 0 Å². The minimum atomic E-state index is -1.74. The molecule has 0 spiro atoms. The summed E-state index contributed by atoms with van der Waals surface area (Å²) in [6.45, 7) is 15.4. The van der Waals surface area contributed by atoms with Crippen LogP contribution in [0.15, 0.2) is 10.1 Å². The van der Waals surface area contributed by atoms with Gasteiger partial charge in [0.25, 0.3) is 0 Å². The molecule has 40 heavy (non-hydrogen) atoms.